The number of esters is 1. The summed E-state index contributed by atoms with van der Waals surface area (Å²) in [5.41, 5.74) is 0. The van der Waals surface area contributed by atoms with Gasteiger partial charge in [-0.15, -0.1) is 0 Å². The number of unbranched alkanes of at least 4 members (excludes halogenated alkanes) is 2. The SMILES string of the molecule is CCCCCNC(=O)N[C@@H](CC(=O)OC)C(=O)O. The molecule has 104 valence electrons. The van der Waals surface area contributed by atoms with Gasteiger partial charge < -0.3 is 20.5 Å². The number of ether oxygens (including phenoxy) is 1. The molecule has 0 aromatic rings. The molecular formula is C11H20N2O5. The van der Waals surface area contributed by atoms with Crippen LogP contribution in [0.4, 0.5) is 4.79 Å². The maximum Gasteiger partial charge on any atom is 0.326 e. The highest BCUT2D eigenvalue weighted by atomic mass is 16.5. The molecule has 0 spiro atoms. The number of carboxylic acid groups (broad SMARTS) is 1. The van der Waals surface area contributed by atoms with Crippen LogP contribution in [0, 0.1) is 0 Å². The Balaban J connectivity index is 4.04. The summed E-state index contributed by atoms with van der Waals surface area (Å²) in [6.45, 7) is 2.52. The summed E-state index contributed by atoms with van der Waals surface area (Å²) in [5.74, 6) is -1.96. The van der Waals surface area contributed by atoms with Gasteiger partial charge in [0.1, 0.15) is 6.04 Å². The molecule has 0 aliphatic carbocycles. The van der Waals surface area contributed by atoms with E-state index in [0.717, 1.165) is 26.4 Å². The van der Waals surface area contributed by atoms with Gasteiger partial charge in [-0.05, 0) is 6.42 Å². The maximum atomic E-state index is 11.4. The van der Waals surface area contributed by atoms with Gasteiger partial charge in [0.15, 0.2) is 0 Å². The van der Waals surface area contributed by atoms with E-state index in [4.69, 9.17) is 5.11 Å². The van der Waals surface area contributed by atoms with Crippen molar-refractivity contribution in [1.29, 1.82) is 0 Å². The van der Waals surface area contributed by atoms with Crippen molar-refractivity contribution < 1.29 is 24.2 Å². The third-order valence-electron chi connectivity index (χ3n) is 2.27. The predicted octanol–water partition coefficient (Wildman–Crippen LogP) is 0.492. The summed E-state index contributed by atoms with van der Waals surface area (Å²) in [4.78, 5) is 33.1. The Kier molecular flexibility index (Phi) is 8.34. The molecule has 0 aliphatic heterocycles. The Hall–Kier alpha value is -1.79. The molecule has 0 saturated heterocycles. The van der Waals surface area contributed by atoms with Crippen molar-refractivity contribution in [3.05, 3.63) is 0 Å². The molecule has 0 rings (SSSR count). The molecule has 0 aliphatic rings. The Morgan fingerprint density at radius 2 is 1.94 bits per heavy atom. The van der Waals surface area contributed by atoms with E-state index < -0.39 is 30.4 Å². The molecule has 7 nitrogen and oxygen atoms in total. The van der Waals surface area contributed by atoms with Gasteiger partial charge in [-0.25, -0.2) is 9.59 Å². The summed E-state index contributed by atoms with van der Waals surface area (Å²) in [6, 6.07) is -1.87. The first kappa shape index (κ1) is 16.2. The number of amides is 2. The van der Waals surface area contributed by atoms with Crippen LogP contribution >= 0.6 is 0 Å². The van der Waals surface area contributed by atoms with Gasteiger partial charge in [0, 0.05) is 6.54 Å². The molecule has 1 atom stereocenters. The van der Waals surface area contributed by atoms with Gasteiger partial charge in [0.25, 0.3) is 0 Å². The van der Waals surface area contributed by atoms with Crippen molar-refractivity contribution >= 4 is 18.0 Å². The predicted molar refractivity (Wildman–Crippen MR) is 64.1 cm³/mol. The molecule has 0 heterocycles. The topological polar surface area (TPSA) is 105 Å². The number of aliphatic carboxylic acids is 1. The molecule has 0 saturated carbocycles. The summed E-state index contributed by atoms with van der Waals surface area (Å²) in [5, 5.41) is 13.6. The minimum atomic E-state index is -1.27. The lowest BCUT2D eigenvalue weighted by atomic mass is 10.2. The third-order valence-corrected chi connectivity index (χ3v) is 2.27. The Labute approximate surface area is 106 Å². The number of nitrogens with one attached hydrogen (secondary N) is 2. The van der Waals surface area contributed by atoms with Crippen LogP contribution in [0.1, 0.15) is 32.6 Å². The summed E-state index contributed by atoms with van der Waals surface area (Å²) in [7, 11) is 1.16. The molecule has 2 amide bonds. The van der Waals surface area contributed by atoms with Crippen LogP contribution in [0.3, 0.4) is 0 Å². The number of carbonyl (C=O) groups is 3. The van der Waals surface area contributed by atoms with E-state index >= 15 is 0 Å². The van der Waals surface area contributed by atoms with Gasteiger partial charge in [-0.2, -0.15) is 0 Å². The highest BCUT2D eigenvalue weighted by Gasteiger charge is 2.23. The number of hydrogen-bond acceptors (Lipinski definition) is 4. The van der Waals surface area contributed by atoms with E-state index in [2.05, 4.69) is 15.4 Å². The van der Waals surface area contributed by atoms with Crippen molar-refractivity contribution in [2.24, 2.45) is 0 Å². The van der Waals surface area contributed by atoms with Crippen molar-refractivity contribution in [2.45, 2.75) is 38.6 Å². The van der Waals surface area contributed by atoms with Crippen LogP contribution in [-0.4, -0.2) is 42.8 Å². The fourth-order valence-corrected chi connectivity index (χ4v) is 1.24. The number of hydrogen-bond donors (Lipinski definition) is 3. The number of rotatable bonds is 8. The fraction of sp³-hybridized carbons (Fsp3) is 0.727. The Morgan fingerprint density at radius 1 is 1.28 bits per heavy atom. The molecule has 0 fully saturated rings. The highest BCUT2D eigenvalue weighted by Crippen LogP contribution is 1.95. The van der Waals surface area contributed by atoms with Gasteiger partial charge >= 0.3 is 18.0 Å². The lowest BCUT2D eigenvalue weighted by Gasteiger charge is -2.13. The molecule has 0 radical (unpaired) electrons. The van der Waals surface area contributed by atoms with Crippen LogP contribution in [0.5, 0.6) is 0 Å². The standard InChI is InChI=1S/C11H20N2O5/c1-3-4-5-6-12-11(17)13-8(10(15)16)7-9(14)18-2/h8H,3-7H2,1-2H3,(H,15,16)(H2,12,13,17)/t8-/m0/s1. The summed E-state index contributed by atoms with van der Waals surface area (Å²) in [6.07, 6.45) is 2.46. The number of carboxylic acids is 1. The van der Waals surface area contributed by atoms with Gasteiger partial charge in [0.05, 0.1) is 13.5 Å². The van der Waals surface area contributed by atoms with E-state index in [1.54, 1.807) is 0 Å². The average Bonchev–Trinajstić information content (AvgIpc) is 2.33. The zero-order chi connectivity index (χ0) is 14.0. The maximum absolute atomic E-state index is 11.4. The number of carbonyl (C=O) groups excluding carboxylic acids is 2. The van der Waals surface area contributed by atoms with Crippen LogP contribution in [0.25, 0.3) is 0 Å². The van der Waals surface area contributed by atoms with Crippen LogP contribution in [0.15, 0.2) is 0 Å². The normalized spacial score (nSPS) is 11.4. The van der Waals surface area contributed by atoms with E-state index in [0.29, 0.717) is 6.54 Å². The van der Waals surface area contributed by atoms with Gasteiger partial charge in [-0.3, -0.25) is 4.79 Å². The second kappa shape index (κ2) is 9.26. The number of urea groups is 1. The monoisotopic (exact) mass is 260 g/mol. The summed E-state index contributed by atoms with van der Waals surface area (Å²) < 4.78 is 4.35. The molecule has 7 heteroatoms. The average molecular weight is 260 g/mol. The largest absolute Gasteiger partial charge is 0.480 e. The molecule has 18 heavy (non-hydrogen) atoms. The van der Waals surface area contributed by atoms with Crippen LogP contribution in [0.2, 0.25) is 0 Å². The second-order valence-electron chi connectivity index (χ2n) is 3.78. The van der Waals surface area contributed by atoms with E-state index in [9.17, 15) is 14.4 Å². The van der Waals surface area contributed by atoms with Crippen LogP contribution < -0.4 is 10.6 Å². The summed E-state index contributed by atoms with van der Waals surface area (Å²) >= 11 is 0. The minimum Gasteiger partial charge on any atom is -0.480 e. The van der Waals surface area contributed by atoms with Gasteiger partial charge in [0.2, 0.25) is 0 Å². The zero-order valence-electron chi connectivity index (χ0n) is 10.7. The lowest BCUT2D eigenvalue weighted by Crippen LogP contribution is -2.47. The van der Waals surface area contributed by atoms with Gasteiger partial charge in [-0.1, -0.05) is 19.8 Å². The third kappa shape index (κ3) is 7.48. The molecule has 0 aromatic carbocycles. The fourth-order valence-electron chi connectivity index (χ4n) is 1.24. The van der Waals surface area contributed by atoms with Crippen molar-refractivity contribution in [2.75, 3.05) is 13.7 Å². The van der Waals surface area contributed by atoms with E-state index in [-0.39, 0.29) is 0 Å². The number of methoxy groups -OCH3 is 1. The van der Waals surface area contributed by atoms with Crippen molar-refractivity contribution in [3.8, 4) is 0 Å². The van der Waals surface area contributed by atoms with Crippen molar-refractivity contribution in [1.82, 2.24) is 10.6 Å². The second-order valence-corrected chi connectivity index (χ2v) is 3.78. The van der Waals surface area contributed by atoms with E-state index in [1.807, 2.05) is 6.92 Å². The molecular weight excluding hydrogens is 240 g/mol. The highest BCUT2D eigenvalue weighted by molar-refractivity contribution is 5.86. The molecule has 3 N–H and O–H groups in total. The first-order valence-electron chi connectivity index (χ1n) is 5.85. The zero-order valence-corrected chi connectivity index (χ0v) is 10.7. The first-order chi connectivity index (χ1) is 8.51. The van der Waals surface area contributed by atoms with E-state index in [1.165, 1.54) is 0 Å². The van der Waals surface area contributed by atoms with Crippen molar-refractivity contribution in [3.63, 3.8) is 0 Å². The quantitative estimate of drug-likeness (QED) is 0.435. The minimum absolute atomic E-state index is 0.395. The first-order valence-corrected chi connectivity index (χ1v) is 5.85. The lowest BCUT2D eigenvalue weighted by molar-refractivity contribution is -0.147. The van der Waals surface area contributed by atoms with Crippen LogP contribution in [-0.2, 0) is 14.3 Å². The molecule has 0 unspecified atom stereocenters. The molecule has 0 aromatic heterocycles. The Morgan fingerprint density at radius 3 is 2.44 bits per heavy atom. The molecule has 0 bridgehead atoms. The smallest absolute Gasteiger partial charge is 0.326 e. The Bertz CT molecular complexity index is 293.